The van der Waals surface area contributed by atoms with E-state index in [2.05, 4.69) is 5.32 Å². The predicted molar refractivity (Wildman–Crippen MR) is 192 cm³/mol. The second-order valence-corrected chi connectivity index (χ2v) is 15.4. The van der Waals surface area contributed by atoms with Crippen molar-refractivity contribution in [3.05, 3.63) is 0 Å². The zero-order valence-electron chi connectivity index (χ0n) is 32.1. The van der Waals surface area contributed by atoms with E-state index in [9.17, 15) is 50.8 Å². The van der Waals surface area contributed by atoms with Crippen LogP contribution in [0.15, 0.2) is 0 Å². The van der Waals surface area contributed by atoms with E-state index in [1.807, 2.05) is 6.92 Å². The first-order chi connectivity index (χ1) is 26.8. The molecule has 4 aliphatic heterocycles. The summed E-state index contributed by atoms with van der Waals surface area (Å²) < 4.78 is 41.2. The molecule has 0 aromatic carbocycles. The molecule has 0 bridgehead atoms. The van der Waals surface area contributed by atoms with Crippen molar-refractivity contribution >= 4 is 5.91 Å². The van der Waals surface area contributed by atoms with Crippen LogP contribution in [0.1, 0.15) is 20.3 Å². The molecule has 0 spiro atoms. The van der Waals surface area contributed by atoms with Crippen LogP contribution in [-0.2, 0) is 38.0 Å². The number of ether oxygens (including phenoxy) is 7. The largest absolute Gasteiger partial charge is 0.394 e. The van der Waals surface area contributed by atoms with Crippen LogP contribution < -0.4 is 22.5 Å². The van der Waals surface area contributed by atoms with E-state index in [1.54, 1.807) is 0 Å². The summed E-state index contributed by atoms with van der Waals surface area (Å²) >= 11 is 0. The lowest BCUT2D eigenvalue weighted by atomic mass is 9.84. The lowest BCUT2D eigenvalue weighted by Gasteiger charge is -2.46. The van der Waals surface area contributed by atoms with Gasteiger partial charge >= 0.3 is 0 Å². The van der Waals surface area contributed by atoms with Gasteiger partial charge in [-0.25, -0.2) is 0 Å². The van der Waals surface area contributed by atoms with Crippen molar-refractivity contribution in [2.75, 3.05) is 72.7 Å². The Balaban J connectivity index is 1.30. The van der Waals surface area contributed by atoms with Crippen molar-refractivity contribution < 1.29 is 83.9 Å². The Kier molecular flexibility index (Phi) is 18.9. The van der Waals surface area contributed by atoms with Crippen LogP contribution in [0.3, 0.4) is 0 Å². The van der Waals surface area contributed by atoms with Gasteiger partial charge in [-0.05, 0) is 6.42 Å². The Labute approximate surface area is 326 Å². The van der Waals surface area contributed by atoms with Gasteiger partial charge in [0, 0.05) is 30.6 Å². The third-order valence-corrected chi connectivity index (χ3v) is 11.8. The van der Waals surface area contributed by atoms with Crippen molar-refractivity contribution in [1.29, 1.82) is 0 Å². The molecule has 4 saturated heterocycles. The third kappa shape index (κ3) is 11.1. The quantitative estimate of drug-likeness (QED) is 0.0576. The highest BCUT2D eigenvalue weighted by Gasteiger charge is 2.49. The molecule has 0 radical (unpaired) electrons. The van der Waals surface area contributed by atoms with Crippen LogP contribution in [0.5, 0.6) is 0 Å². The second kappa shape index (κ2) is 22.4. The van der Waals surface area contributed by atoms with E-state index in [1.165, 1.54) is 6.92 Å². The van der Waals surface area contributed by atoms with Gasteiger partial charge < -0.3 is 102 Å². The van der Waals surface area contributed by atoms with Crippen molar-refractivity contribution in [3.63, 3.8) is 0 Å². The number of carbonyl (C=O) groups excluding carboxylic acids is 1. The first-order valence-corrected chi connectivity index (χ1v) is 19.4. The third-order valence-electron chi connectivity index (χ3n) is 11.8. The van der Waals surface area contributed by atoms with E-state index >= 15 is 0 Å². The number of aliphatic hydroxyl groups is 9. The predicted octanol–water partition coefficient (Wildman–Crippen LogP) is -7.13. The maximum Gasteiger partial charge on any atom is 0.217 e. The summed E-state index contributed by atoms with van der Waals surface area (Å²) in [6, 6.07) is -3.70. The van der Waals surface area contributed by atoms with Crippen molar-refractivity contribution in [1.82, 2.24) is 5.32 Å². The Morgan fingerprint density at radius 3 is 1.21 bits per heavy atom. The fraction of sp³-hybridized carbons (Fsp3) is 0.971. The van der Waals surface area contributed by atoms with Crippen LogP contribution in [0.4, 0.5) is 0 Å². The van der Waals surface area contributed by atoms with Crippen LogP contribution >= 0.6 is 0 Å². The zero-order valence-corrected chi connectivity index (χ0v) is 32.1. The molecule has 1 amide bonds. The summed E-state index contributed by atoms with van der Waals surface area (Å²) in [6.07, 6.45) is -10.8. The Morgan fingerprint density at radius 2 is 0.821 bits per heavy atom. The van der Waals surface area contributed by atoms with Gasteiger partial charge in [0.25, 0.3) is 0 Å². The van der Waals surface area contributed by atoms with E-state index in [4.69, 9.17) is 50.4 Å². The number of rotatable bonds is 19. The van der Waals surface area contributed by atoms with Crippen LogP contribution in [-0.4, -0.2) is 222 Å². The van der Waals surface area contributed by atoms with E-state index < -0.39 is 148 Å². The number of nitrogens with one attached hydrogen (secondary N) is 1. The zero-order chi connectivity index (χ0) is 41.3. The van der Waals surface area contributed by atoms with Gasteiger partial charge in [0.05, 0.1) is 164 Å². The highest BCUT2D eigenvalue weighted by Crippen LogP contribution is 2.32. The summed E-state index contributed by atoms with van der Waals surface area (Å²) in [7, 11) is 0. The summed E-state index contributed by atoms with van der Waals surface area (Å²) in [5.41, 5.74) is 18.6. The molecule has 4 fully saturated rings. The highest BCUT2D eigenvalue weighted by atomic mass is 16.6. The standard InChI is InChI=1S/C35H66N4O17/c1-3-16-20(4-40)54-25(29(37)32(16)46)12-50-9-18-22(6-42)55-26(30(38)34(18)48)13-51-11-19-23(7-43)56-27(31(35(19)49)39-15(2)45)14-52-10-17-21(5-41)53-24(8-44)28(36)33(17)47/h16-35,40-44,46-49H,3-14,36-38H2,1-2H3,(H,39,45)/t16?,17-,18?,19?,20?,21?,22?,23?,24?,25?,26?,27?,28?,29-,30-,31-,32?,33-,34?,35?/m1/s1. The number of hydrogen-bond donors (Lipinski definition) is 13. The normalized spacial score (nSPS) is 44.8. The minimum atomic E-state index is -1.30. The Morgan fingerprint density at radius 1 is 0.500 bits per heavy atom. The first kappa shape index (κ1) is 47.4. The molecule has 21 nitrogen and oxygen atoms in total. The highest BCUT2D eigenvalue weighted by molar-refractivity contribution is 5.73. The van der Waals surface area contributed by atoms with Crippen molar-refractivity contribution in [3.8, 4) is 0 Å². The van der Waals surface area contributed by atoms with E-state index in [0.29, 0.717) is 6.42 Å². The molecule has 0 saturated carbocycles. The van der Waals surface area contributed by atoms with Gasteiger partial charge in [-0.1, -0.05) is 6.92 Å². The molecule has 4 heterocycles. The first-order valence-electron chi connectivity index (χ1n) is 19.4. The summed E-state index contributed by atoms with van der Waals surface area (Å²) in [4.78, 5) is 12.2. The van der Waals surface area contributed by atoms with Gasteiger partial charge in [0.2, 0.25) is 5.91 Å². The maximum atomic E-state index is 12.2. The molecule has 15 unspecified atom stereocenters. The number of carbonyl (C=O) groups is 1. The molecule has 328 valence electrons. The number of amides is 1. The fourth-order valence-corrected chi connectivity index (χ4v) is 8.36. The van der Waals surface area contributed by atoms with Gasteiger partial charge in [-0.2, -0.15) is 0 Å². The van der Waals surface area contributed by atoms with Crippen LogP contribution in [0, 0.1) is 23.7 Å². The minimum absolute atomic E-state index is 0.0537. The lowest BCUT2D eigenvalue weighted by Crippen LogP contribution is -2.64. The Hall–Kier alpha value is -1.29. The number of hydrogen-bond acceptors (Lipinski definition) is 20. The number of nitrogens with two attached hydrogens (primary N) is 3. The maximum absolute atomic E-state index is 12.2. The second-order valence-electron chi connectivity index (χ2n) is 15.4. The summed E-state index contributed by atoms with van der Waals surface area (Å²) in [6.45, 7) is 0.0414. The molecule has 0 aromatic rings. The molecule has 21 heteroatoms. The topological polar surface area (TPSA) is 354 Å². The minimum Gasteiger partial charge on any atom is -0.394 e. The fourth-order valence-electron chi connectivity index (χ4n) is 8.36. The van der Waals surface area contributed by atoms with E-state index in [-0.39, 0.29) is 52.2 Å². The van der Waals surface area contributed by atoms with Gasteiger partial charge in [0.15, 0.2) is 0 Å². The molecule has 0 aliphatic carbocycles. The molecule has 20 atom stereocenters. The van der Waals surface area contributed by atoms with Crippen LogP contribution in [0.25, 0.3) is 0 Å². The van der Waals surface area contributed by atoms with Crippen LogP contribution in [0.2, 0.25) is 0 Å². The number of aliphatic hydroxyl groups excluding tert-OH is 9. The van der Waals surface area contributed by atoms with Gasteiger partial charge in [0.1, 0.15) is 6.10 Å². The summed E-state index contributed by atoms with van der Waals surface area (Å²) in [5.74, 6) is -3.19. The average Bonchev–Trinajstić information content (AvgIpc) is 3.18. The molecule has 0 aromatic heterocycles. The summed E-state index contributed by atoms with van der Waals surface area (Å²) in [5, 5.41) is 96.1. The lowest BCUT2D eigenvalue weighted by molar-refractivity contribution is -0.215. The van der Waals surface area contributed by atoms with Crippen molar-refractivity contribution in [2.45, 2.75) is 118 Å². The van der Waals surface area contributed by atoms with Crippen molar-refractivity contribution in [2.24, 2.45) is 40.9 Å². The monoisotopic (exact) mass is 814 g/mol. The average molecular weight is 815 g/mol. The van der Waals surface area contributed by atoms with E-state index in [0.717, 1.165) is 0 Å². The molecule has 4 aliphatic rings. The van der Waals surface area contributed by atoms with Gasteiger partial charge in [-0.15, -0.1) is 0 Å². The molecule has 16 N–H and O–H groups in total. The van der Waals surface area contributed by atoms with Gasteiger partial charge in [-0.3, -0.25) is 4.79 Å². The smallest absolute Gasteiger partial charge is 0.217 e. The molecule has 4 rings (SSSR count). The molecule has 56 heavy (non-hydrogen) atoms. The Bertz CT molecular complexity index is 1160. The SMILES string of the molecule is CCC1C(CO)OC(COCC2C(CO)OC(COCC3C(CO)OC(COC[C@@H]4C(CO)OC(CO)C(N)[C@@H]4O)[C@@H](NC(C)=O)C3O)[C@@H](N)C2O)[C@@H](N)C1O. The molecular weight excluding hydrogens is 748 g/mol. The molecular formula is C35H66N4O17.